The van der Waals surface area contributed by atoms with Crippen LogP contribution in [0.4, 0.5) is 17.1 Å². The maximum Gasteiger partial charge on any atom is 0.257 e. The number of sulfonamides is 1. The lowest BCUT2D eigenvalue weighted by atomic mass is 9.96. The Morgan fingerprint density at radius 1 is 1.09 bits per heavy atom. The molecular formula is C27H35N3O3S. The van der Waals surface area contributed by atoms with E-state index in [9.17, 15) is 13.2 Å². The van der Waals surface area contributed by atoms with Crippen LogP contribution in [0.3, 0.4) is 0 Å². The molecule has 5 rings (SSSR count). The van der Waals surface area contributed by atoms with Gasteiger partial charge in [0.15, 0.2) is 0 Å². The minimum absolute atomic E-state index is 0.165. The normalized spacial score (nSPS) is 24.0. The highest BCUT2D eigenvalue weighted by molar-refractivity contribution is 7.94. The molecule has 1 amide bonds. The average molecular weight is 482 g/mol. The van der Waals surface area contributed by atoms with E-state index in [1.165, 1.54) is 10.7 Å². The molecule has 0 spiro atoms. The van der Waals surface area contributed by atoms with Crippen molar-refractivity contribution in [1.82, 2.24) is 0 Å². The van der Waals surface area contributed by atoms with E-state index >= 15 is 0 Å². The number of anilines is 3. The number of hydrogen-bond donors (Lipinski definition) is 1. The van der Waals surface area contributed by atoms with E-state index in [4.69, 9.17) is 0 Å². The molecule has 2 aromatic carbocycles. The van der Waals surface area contributed by atoms with Crippen molar-refractivity contribution in [3.05, 3.63) is 53.1 Å². The summed E-state index contributed by atoms with van der Waals surface area (Å²) in [6.07, 6.45) is 3.12. The van der Waals surface area contributed by atoms with Crippen LogP contribution in [0.25, 0.3) is 0 Å². The molecule has 1 aliphatic carbocycles. The van der Waals surface area contributed by atoms with Crippen LogP contribution in [0.2, 0.25) is 0 Å². The molecule has 34 heavy (non-hydrogen) atoms. The lowest BCUT2D eigenvalue weighted by molar-refractivity contribution is 0.102. The number of carbonyl (C=O) groups excluding carboxylic acids is 1. The van der Waals surface area contributed by atoms with Gasteiger partial charge in [0.1, 0.15) is 0 Å². The topological polar surface area (TPSA) is 69.7 Å². The molecule has 6 nitrogen and oxygen atoms in total. The average Bonchev–Trinajstić information content (AvgIpc) is 3.25. The Labute approximate surface area is 203 Å². The first-order valence-corrected chi connectivity index (χ1v) is 13.7. The quantitative estimate of drug-likeness (QED) is 0.669. The van der Waals surface area contributed by atoms with Gasteiger partial charge in [-0.3, -0.25) is 9.10 Å². The van der Waals surface area contributed by atoms with Crippen molar-refractivity contribution in [3.8, 4) is 0 Å². The molecule has 2 unspecified atom stereocenters. The summed E-state index contributed by atoms with van der Waals surface area (Å²) in [4.78, 5) is 15.8. The molecule has 0 bridgehead atoms. The molecule has 1 N–H and O–H groups in total. The Hall–Kier alpha value is -2.54. The molecule has 182 valence electrons. The predicted octanol–water partition coefficient (Wildman–Crippen LogP) is 4.97. The lowest BCUT2D eigenvalue weighted by Gasteiger charge is -2.33. The summed E-state index contributed by atoms with van der Waals surface area (Å²) in [6, 6.07) is 11.6. The Morgan fingerprint density at radius 3 is 2.56 bits per heavy atom. The molecule has 0 radical (unpaired) electrons. The molecular weight excluding hydrogens is 446 g/mol. The van der Waals surface area contributed by atoms with Crippen LogP contribution in [-0.4, -0.2) is 38.7 Å². The van der Waals surface area contributed by atoms with Gasteiger partial charge in [-0.2, -0.15) is 0 Å². The standard InChI is InChI=1S/C27H35N3O3S/c1-18-6-9-22(24(14-18)29-13-11-27(5)16-20(27)17-29)25(31)28-21-8-7-19-10-12-30(23(19)15-21)34(32,33)26(2,3)4/h6-9,14-15,20H,10-13,16-17H2,1-5H3,(H,28,31). The number of rotatable bonds is 4. The van der Waals surface area contributed by atoms with Crippen molar-refractivity contribution in [2.24, 2.45) is 11.3 Å². The van der Waals surface area contributed by atoms with Gasteiger partial charge in [-0.05, 0) is 93.7 Å². The van der Waals surface area contributed by atoms with E-state index in [1.807, 2.05) is 24.3 Å². The zero-order valence-electron chi connectivity index (χ0n) is 20.8. The second-order valence-electron chi connectivity index (χ2n) is 11.5. The summed E-state index contributed by atoms with van der Waals surface area (Å²) in [7, 11) is -3.51. The molecule has 3 aliphatic rings. The van der Waals surface area contributed by atoms with Gasteiger partial charge in [0.25, 0.3) is 5.91 Å². The minimum Gasteiger partial charge on any atom is -0.371 e. The van der Waals surface area contributed by atoms with Crippen LogP contribution < -0.4 is 14.5 Å². The molecule has 2 aliphatic heterocycles. The monoisotopic (exact) mass is 481 g/mol. The van der Waals surface area contributed by atoms with Crippen LogP contribution in [0.1, 0.15) is 62.0 Å². The van der Waals surface area contributed by atoms with Crippen LogP contribution in [0.5, 0.6) is 0 Å². The highest BCUT2D eigenvalue weighted by Crippen LogP contribution is 2.57. The van der Waals surface area contributed by atoms with E-state index in [0.717, 1.165) is 36.3 Å². The Kier molecular flexibility index (Phi) is 5.28. The Morgan fingerprint density at radius 2 is 1.85 bits per heavy atom. The van der Waals surface area contributed by atoms with E-state index in [-0.39, 0.29) is 5.91 Å². The zero-order valence-corrected chi connectivity index (χ0v) is 21.6. The summed E-state index contributed by atoms with van der Waals surface area (Å²) in [5.41, 5.74) is 5.55. The van der Waals surface area contributed by atoms with Gasteiger partial charge in [-0.15, -0.1) is 0 Å². The molecule has 1 saturated heterocycles. The number of nitrogens with zero attached hydrogens (tertiary/aromatic N) is 2. The van der Waals surface area contributed by atoms with Crippen molar-refractivity contribution in [2.75, 3.05) is 34.2 Å². The number of amides is 1. The first kappa shape index (κ1) is 23.2. The van der Waals surface area contributed by atoms with Crippen LogP contribution >= 0.6 is 0 Å². The second kappa shape index (κ2) is 7.74. The predicted molar refractivity (Wildman–Crippen MR) is 138 cm³/mol. The van der Waals surface area contributed by atoms with Crippen molar-refractivity contribution in [3.63, 3.8) is 0 Å². The van der Waals surface area contributed by atoms with Crippen molar-refractivity contribution >= 4 is 33.0 Å². The van der Waals surface area contributed by atoms with Crippen LogP contribution in [-0.2, 0) is 16.4 Å². The Bertz CT molecular complexity index is 1260. The summed E-state index contributed by atoms with van der Waals surface area (Å²) < 4.78 is 26.8. The maximum atomic E-state index is 13.4. The summed E-state index contributed by atoms with van der Waals surface area (Å²) in [5.74, 6) is 0.549. The van der Waals surface area contributed by atoms with Gasteiger partial charge in [0, 0.05) is 31.0 Å². The first-order valence-electron chi connectivity index (χ1n) is 12.2. The molecule has 2 heterocycles. The van der Waals surface area contributed by atoms with Gasteiger partial charge < -0.3 is 10.2 Å². The minimum atomic E-state index is -3.51. The van der Waals surface area contributed by atoms with Crippen LogP contribution in [0, 0.1) is 18.3 Å². The fraction of sp³-hybridized carbons (Fsp3) is 0.519. The van der Waals surface area contributed by atoms with Crippen molar-refractivity contribution in [2.45, 2.75) is 58.6 Å². The molecule has 2 fully saturated rings. The third-order valence-electron chi connectivity index (χ3n) is 7.93. The third kappa shape index (κ3) is 3.88. The molecule has 1 saturated carbocycles. The molecule has 0 aromatic heterocycles. The highest BCUT2D eigenvalue weighted by Gasteiger charge is 2.52. The largest absolute Gasteiger partial charge is 0.371 e. The number of aryl methyl sites for hydroxylation is 1. The number of hydrogen-bond acceptors (Lipinski definition) is 4. The molecule has 2 aromatic rings. The number of nitrogens with one attached hydrogen (secondary N) is 1. The third-order valence-corrected chi connectivity index (χ3v) is 10.4. The summed E-state index contributed by atoms with van der Waals surface area (Å²) in [6.45, 7) is 12.0. The second-order valence-corrected chi connectivity index (χ2v) is 14.1. The first-order chi connectivity index (χ1) is 15.9. The molecule has 2 atom stereocenters. The maximum absolute atomic E-state index is 13.4. The molecule has 7 heteroatoms. The Balaban J connectivity index is 1.41. The van der Waals surface area contributed by atoms with Crippen molar-refractivity contribution < 1.29 is 13.2 Å². The van der Waals surface area contributed by atoms with Gasteiger partial charge >= 0.3 is 0 Å². The zero-order chi connectivity index (χ0) is 24.5. The van der Waals surface area contributed by atoms with Gasteiger partial charge in [-0.25, -0.2) is 8.42 Å². The van der Waals surface area contributed by atoms with E-state index in [2.05, 4.69) is 30.1 Å². The fourth-order valence-electron chi connectivity index (χ4n) is 5.36. The van der Waals surface area contributed by atoms with E-state index in [1.54, 1.807) is 26.8 Å². The number of fused-ring (bicyclic) bond motifs is 2. The lowest BCUT2D eigenvalue weighted by Crippen LogP contribution is -2.42. The van der Waals surface area contributed by atoms with Gasteiger partial charge in [-0.1, -0.05) is 19.1 Å². The highest BCUT2D eigenvalue weighted by atomic mass is 32.2. The van der Waals surface area contributed by atoms with E-state index < -0.39 is 14.8 Å². The summed E-state index contributed by atoms with van der Waals surface area (Å²) >= 11 is 0. The number of carbonyl (C=O) groups is 1. The number of piperidine rings is 1. The van der Waals surface area contributed by atoms with Crippen molar-refractivity contribution in [1.29, 1.82) is 0 Å². The fourth-order valence-corrected chi connectivity index (χ4v) is 6.78. The van der Waals surface area contributed by atoms with Gasteiger partial charge in [0.2, 0.25) is 10.0 Å². The van der Waals surface area contributed by atoms with Crippen LogP contribution in [0.15, 0.2) is 36.4 Å². The van der Waals surface area contributed by atoms with E-state index in [0.29, 0.717) is 41.2 Å². The number of benzene rings is 2. The summed E-state index contributed by atoms with van der Waals surface area (Å²) in [5, 5.41) is 3.04. The van der Waals surface area contributed by atoms with Gasteiger partial charge in [0.05, 0.1) is 16.0 Å². The smallest absolute Gasteiger partial charge is 0.257 e. The SMILES string of the molecule is Cc1ccc(C(=O)Nc2ccc3c(c2)N(S(=O)(=O)C(C)(C)C)CC3)c(N2CCC3(C)CC3C2)c1.